The maximum Gasteiger partial charge on any atom is 0.0407 e. The molecule has 1 fully saturated rings. The van der Waals surface area contributed by atoms with Crippen LogP contribution in [0, 0.1) is 6.92 Å². The number of hydrogen-bond acceptors (Lipinski definition) is 1. The highest BCUT2D eigenvalue weighted by atomic mass is 79.9. The van der Waals surface area contributed by atoms with Gasteiger partial charge in [0.2, 0.25) is 0 Å². The highest BCUT2D eigenvalue weighted by Crippen LogP contribution is 2.26. The van der Waals surface area contributed by atoms with Gasteiger partial charge in [-0.15, -0.1) is 0 Å². The molecule has 1 aromatic rings. The van der Waals surface area contributed by atoms with E-state index < -0.39 is 0 Å². The number of benzene rings is 1. The van der Waals surface area contributed by atoms with Gasteiger partial charge in [-0.25, -0.2) is 0 Å². The van der Waals surface area contributed by atoms with E-state index >= 15 is 0 Å². The summed E-state index contributed by atoms with van der Waals surface area (Å²) >= 11 is 3.62. The first kappa shape index (κ1) is 12.9. The van der Waals surface area contributed by atoms with Crippen molar-refractivity contribution in [3.8, 4) is 0 Å². The van der Waals surface area contributed by atoms with Crippen molar-refractivity contribution in [3.63, 3.8) is 0 Å². The molecule has 0 unspecified atom stereocenters. The fourth-order valence-electron chi connectivity index (χ4n) is 2.62. The molecular formula is C15H22BrN. The Morgan fingerprint density at radius 3 is 2.35 bits per heavy atom. The lowest BCUT2D eigenvalue weighted by Crippen LogP contribution is -2.27. The van der Waals surface area contributed by atoms with Crippen molar-refractivity contribution in [2.45, 2.75) is 44.4 Å². The molecule has 1 nitrogen and oxygen atoms in total. The monoisotopic (exact) mass is 295 g/mol. The molecule has 2 heteroatoms. The van der Waals surface area contributed by atoms with Crippen molar-refractivity contribution in [1.82, 2.24) is 0 Å². The van der Waals surface area contributed by atoms with Crippen LogP contribution in [0.1, 0.15) is 43.2 Å². The highest BCUT2D eigenvalue weighted by Gasteiger charge is 2.12. The van der Waals surface area contributed by atoms with Crippen molar-refractivity contribution in [3.05, 3.63) is 29.3 Å². The van der Waals surface area contributed by atoms with E-state index in [0.717, 1.165) is 5.33 Å². The molecule has 1 aliphatic heterocycles. The molecule has 0 bridgehead atoms. The minimum Gasteiger partial charge on any atom is -0.371 e. The lowest BCUT2D eigenvalue weighted by Gasteiger charge is -2.28. The minimum absolute atomic E-state index is 0.959. The summed E-state index contributed by atoms with van der Waals surface area (Å²) in [6, 6.07) is 6.84. The van der Waals surface area contributed by atoms with Crippen LogP contribution >= 0.6 is 15.9 Å². The van der Waals surface area contributed by atoms with Crippen molar-refractivity contribution >= 4 is 21.6 Å². The van der Waals surface area contributed by atoms with E-state index in [1.807, 2.05) is 0 Å². The summed E-state index contributed by atoms with van der Waals surface area (Å²) in [6.07, 6.45) is 6.90. The number of anilines is 1. The van der Waals surface area contributed by atoms with Crippen molar-refractivity contribution in [2.75, 3.05) is 18.0 Å². The zero-order valence-corrected chi connectivity index (χ0v) is 12.3. The van der Waals surface area contributed by atoms with Crippen LogP contribution in [-0.2, 0) is 5.33 Å². The van der Waals surface area contributed by atoms with Crippen LogP contribution in [0.3, 0.4) is 0 Å². The van der Waals surface area contributed by atoms with Gasteiger partial charge in [-0.1, -0.05) is 52.9 Å². The second-order valence-corrected chi connectivity index (χ2v) is 5.58. The van der Waals surface area contributed by atoms with Gasteiger partial charge in [-0.3, -0.25) is 0 Å². The molecule has 1 saturated heterocycles. The molecule has 1 aliphatic rings. The second kappa shape index (κ2) is 6.44. The minimum atomic E-state index is 0.959. The van der Waals surface area contributed by atoms with Gasteiger partial charge in [0, 0.05) is 24.1 Å². The van der Waals surface area contributed by atoms with E-state index in [9.17, 15) is 0 Å². The smallest absolute Gasteiger partial charge is 0.0407 e. The Balaban J connectivity index is 2.18. The Bertz CT molecular complexity index is 354. The van der Waals surface area contributed by atoms with Crippen LogP contribution in [0.2, 0.25) is 0 Å². The summed E-state index contributed by atoms with van der Waals surface area (Å²) in [7, 11) is 0. The number of hydrogen-bond donors (Lipinski definition) is 0. The Morgan fingerprint density at radius 1 is 1.06 bits per heavy atom. The van der Waals surface area contributed by atoms with Crippen molar-refractivity contribution in [1.29, 1.82) is 0 Å². The fraction of sp³-hybridized carbons (Fsp3) is 0.600. The first-order chi connectivity index (χ1) is 8.31. The summed E-state index contributed by atoms with van der Waals surface area (Å²) in [5.41, 5.74) is 4.23. The third kappa shape index (κ3) is 3.48. The standard InChI is InChI=1S/C15H22BrN/c1-13-7-8-15(14(11-13)12-16)17-9-5-3-2-4-6-10-17/h7-8,11H,2-6,9-10,12H2,1H3. The summed E-state index contributed by atoms with van der Waals surface area (Å²) in [6.45, 7) is 4.62. The largest absolute Gasteiger partial charge is 0.371 e. The van der Waals surface area contributed by atoms with Crippen LogP contribution in [0.25, 0.3) is 0 Å². The molecule has 0 amide bonds. The average molecular weight is 296 g/mol. The summed E-state index contributed by atoms with van der Waals surface area (Å²) in [4.78, 5) is 2.58. The summed E-state index contributed by atoms with van der Waals surface area (Å²) in [5, 5.41) is 0.959. The molecule has 0 aliphatic carbocycles. The topological polar surface area (TPSA) is 3.24 Å². The van der Waals surface area contributed by atoms with E-state index in [2.05, 4.69) is 46.0 Å². The van der Waals surface area contributed by atoms with E-state index in [1.54, 1.807) is 0 Å². The lowest BCUT2D eigenvalue weighted by molar-refractivity contribution is 0.556. The molecule has 0 saturated carbocycles. The third-order valence-electron chi connectivity index (χ3n) is 3.58. The zero-order valence-electron chi connectivity index (χ0n) is 10.7. The van der Waals surface area contributed by atoms with Gasteiger partial charge in [0.05, 0.1) is 0 Å². The summed E-state index contributed by atoms with van der Waals surface area (Å²) < 4.78 is 0. The summed E-state index contributed by atoms with van der Waals surface area (Å²) in [5.74, 6) is 0. The molecule has 2 rings (SSSR count). The van der Waals surface area contributed by atoms with E-state index in [4.69, 9.17) is 0 Å². The number of halogens is 1. The zero-order chi connectivity index (χ0) is 12.1. The predicted octanol–water partition coefficient (Wildman–Crippen LogP) is 4.66. The quantitative estimate of drug-likeness (QED) is 0.717. The van der Waals surface area contributed by atoms with Crippen LogP contribution in [-0.4, -0.2) is 13.1 Å². The molecule has 94 valence electrons. The predicted molar refractivity (Wildman–Crippen MR) is 79.1 cm³/mol. The van der Waals surface area contributed by atoms with E-state index in [0.29, 0.717) is 0 Å². The Labute approximate surface area is 113 Å². The van der Waals surface area contributed by atoms with Crippen LogP contribution in [0.15, 0.2) is 18.2 Å². The first-order valence-corrected chi connectivity index (χ1v) is 7.84. The van der Waals surface area contributed by atoms with Crippen LogP contribution in [0.5, 0.6) is 0 Å². The van der Waals surface area contributed by atoms with Gasteiger partial charge in [0.25, 0.3) is 0 Å². The lowest BCUT2D eigenvalue weighted by atomic mass is 10.1. The first-order valence-electron chi connectivity index (χ1n) is 6.71. The Kier molecular flexibility index (Phi) is 4.90. The number of nitrogens with zero attached hydrogens (tertiary/aromatic N) is 1. The number of rotatable bonds is 2. The Morgan fingerprint density at radius 2 is 1.71 bits per heavy atom. The number of alkyl halides is 1. The average Bonchev–Trinajstić information content (AvgIpc) is 2.29. The van der Waals surface area contributed by atoms with Gasteiger partial charge in [0.15, 0.2) is 0 Å². The molecule has 1 heterocycles. The third-order valence-corrected chi connectivity index (χ3v) is 4.18. The van der Waals surface area contributed by atoms with Gasteiger partial charge < -0.3 is 4.90 Å². The van der Waals surface area contributed by atoms with Gasteiger partial charge in [-0.05, 0) is 31.4 Å². The number of aryl methyl sites for hydroxylation is 1. The SMILES string of the molecule is Cc1ccc(N2CCCCCCC2)c(CBr)c1. The molecule has 0 N–H and O–H groups in total. The molecule has 17 heavy (non-hydrogen) atoms. The second-order valence-electron chi connectivity index (χ2n) is 5.02. The molecule has 0 radical (unpaired) electrons. The van der Waals surface area contributed by atoms with Crippen LogP contribution < -0.4 is 4.90 Å². The molecule has 0 atom stereocenters. The van der Waals surface area contributed by atoms with Gasteiger partial charge in [0.1, 0.15) is 0 Å². The Hall–Kier alpha value is -0.500. The maximum atomic E-state index is 3.62. The highest BCUT2D eigenvalue weighted by molar-refractivity contribution is 9.08. The van der Waals surface area contributed by atoms with Crippen molar-refractivity contribution in [2.24, 2.45) is 0 Å². The fourth-order valence-corrected chi connectivity index (χ4v) is 3.07. The van der Waals surface area contributed by atoms with Gasteiger partial charge in [-0.2, -0.15) is 0 Å². The normalized spacial score (nSPS) is 17.6. The van der Waals surface area contributed by atoms with Gasteiger partial charge >= 0.3 is 0 Å². The molecule has 0 spiro atoms. The molecule has 0 aromatic heterocycles. The van der Waals surface area contributed by atoms with E-state index in [-0.39, 0.29) is 0 Å². The maximum absolute atomic E-state index is 3.62. The van der Waals surface area contributed by atoms with Crippen molar-refractivity contribution < 1.29 is 0 Å². The molecular weight excluding hydrogens is 274 g/mol. The van der Waals surface area contributed by atoms with E-state index in [1.165, 1.54) is 62.0 Å². The van der Waals surface area contributed by atoms with Crippen LogP contribution in [0.4, 0.5) is 5.69 Å². The molecule has 1 aromatic carbocycles.